The first-order valence-electron chi connectivity index (χ1n) is 10.6. The highest BCUT2D eigenvalue weighted by molar-refractivity contribution is 5.88. The fourth-order valence-corrected chi connectivity index (χ4v) is 4.68. The number of morpholine rings is 1. The van der Waals surface area contributed by atoms with Gasteiger partial charge in [0.1, 0.15) is 5.54 Å². The van der Waals surface area contributed by atoms with Crippen molar-refractivity contribution in [1.82, 2.24) is 9.80 Å². The van der Waals surface area contributed by atoms with E-state index < -0.39 is 5.54 Å². The van der Waals surface area contributed by atoms with Crippen LogP contribution in [0, 0.1) is 0 Å². The molecular weight excluding hydrogens is 362 g/mol. The van der Waals surface area contributed by atoms with Crippen LogP contribution < -0.4 is 5.73 Å². The Hall–Kier alpha value is -2.21. The maximum Gasteiger partial charge on any atom is 0.243 e. The third-order valence-corrected chi connectivity index (χ3v) is 6.48. The molecule has 1 atom stereocenters. The van der Waals surface area contributed by atoms with Crippen LogP contribution in [0.2, 0.25) is 0 Å². The summed E-state index contributed by atoms with van der Waals surface area (Å²) in [4.78, 5) is 18.2. The predicted octanol–water partition coefficient (Wildman–Crippen LogP) is 1.88. The lowest BCUT2D eigenvalue weighted by atomic mass is 9.90. The van der Waals surface area contributed by atoms with Crippen LogP contribution in [0.4, 0.5) is 0 Å². The number of rotatable bonds is 6. The number of carbonyl (C=O) groups excluding carboxylic acids is 1. The van der Waals surface area contributed by atoms with Gasteiger partial charge in [0.05, 0.1) is 12.7 Å². The topological polar surface area (TPSA) is 58.8 Å². The van der Waals surface area contributed by atoms with Crippen molar-refractivity contribution in [1.29, 1.82) is 0 Å². The highest BCUT2D eigenvalue weighted by atomic mass is 16.5. The maximum absolute atomic E-state index is 13.9. The first kappa shape index (κ1) is 20.1. The molecule has 0 aromatic heterocycles. The molecular formula is C24H31N3O2. The normalized spacial score (nSPS) is 20.7. The Labute approximate surface area is 173 Å². The van der Waals surface area contributed by atoms with E-state index in [1.807, 2.05) is 11.0 Å². The van der Waals surface area contributed by atoms with Crippen molar-refractivity contribution in [2.45, 2.75) is 30.9 Å². The Bertz CT molecular complexity index is 814. The van der Waals surface area contributed by atoms with Gasteiger partial charge in [0.25, 0.3) is 0 Å². The molecule has 2 N–H and O–H groups in total. The lowest BCUT2D eigenvalue weighted by Crippen LogP contribution is -2.62. The average molecular weight is 394 g/mol. The molecule has 0 saturated carbocycles. The standard InChI is InChI=1S/C24H31N3O2/c1-26(12-11-19-7-3-2-4-8-19)24(15-20-9-5-6-10-21(20)16-24)23(28)27-13-14-29-22(17-25)18-27/h2-10,22H,11-18,25H2,1H3/t22-/m0/s1. The van der Waals surface area contributed by atoms with Crippen LogP contribution in [0.25, 0.3) is 0 Å². The van der Waals surface area contributed by atoms with Crippen LogP contribution in [0.5, 0.6) is 0 Å². The Kier molecular flexibility index (Phi) is 5.99. The molecule has 4 rings (SSSR count). The molecule has 1 fully saturated rings. The van der Waals surface area contributed by atoms with E-state index in [-0.39, 0.29) is 12.0 Å². The number of nitrogens with zero attached hydrogens (tertiary/aromatic N) is 2. The van der Waals surface area contributed by atoms with Gasteiger partial charge in [0.15, 0.2) is 0 Å². The van der Waals surface area contributed by atoms with E-state index in [1.54, 1.807) is 0 Å². The van der Waals surface area contributed by atoms with E-state index in [0.717, 1.165) is 25.8 Å². The number of amides is 1. The second-order valence-electron chi connectivity index (χ2n) is 8.29. The zero-order chi connectivity index (χ0) is 20.3. The van der Waals surface area contributed by atoms with Crippen molar-refractivity contribution >= 4 is 5.91 Å². The monoisotopic (exact) mass is 393 g/mol. The Morgan fingerprint density at radius 3 is 2.45 bits per heavy atom. The molecule has 1 heterocycles. The number of likely N-dealkylation sites (N-methyl/N-ethyl adjacent to an activating group) is 1. The van der Waals surface area contributed by atoms with E-state index >= 15 is 0 Å². The van der Waals surface area contributed by atoms with Gasteiger partial charge in [0.2, 0.25) is 5.91 Å². The largest absolute Gasteiger partial charge is 0.373 e. The maximum atomic E-state index is 13.9. The molecule has 1 amide bonds. The SMILES string of the molecule is CN(CCc1ccccc1)C1(C(=O)N2CCO[C@@H](CN)C2)Cc2ccccc2C1. The van der Waals surface area contributed by atoms with Gasteiger partial charge in [-0.15, -0.1) is 0 Å². The summed E-state index contributed by atoms with van der Waals surface area (Å²) >= 11 is 0. The summed E-state index contributed by atoms with van der Waals surface area (Å²) in [6.45, 7) is 3.07. The number of nitrogens with two attached hydrogens (primary N) is 1. The molecule has 1 aliphatic heterocycles. The average Bonchev–Trinajstić information content (AvgIpc) is 3.18. The van der Waals surface area contributed by atoms with Gasteiger partial charge in [-0.2, -0.15) is 0 Å². The zero-order valence-corrected chi connectivity index (χ0v) is 17.2. The van der Waals surface area contributed by atoms with Gasteiger partial charge in [0, 0.05) is 39.0 Å². The quantitative estimate of drug-likeness (QED) is 0.814. The van der Waals surface area contributed by atoms with Crippen molar-refractivity contribution in [2.75, 3.05) is 39.8 Å². The van der Waals surface area contributed by atoms with Crippen LogP contribution in [-0.2, 0) is 28.8 Å². The molecule has 2 aromatic rings. The number of hydrogen-bond donors (Lipinski definition) is 1. The summed E-state index contributed by atoms with van der Waals surface area (Å²) in [7, 11) is 2.10. The molecule has 2 aromatic carbocycles. The molecule has 0 bridgehead atoms. The molecule has 154 valence electrons. The van der Waals surface area contributed by atoms with Gasteiger partial charge in [-0.25, -0.2) is 0 Å². The van der Waals surface area contributed by atoms with Gasteiger partial charge >= 0.3 is 0 Å². The van der Waals surface area contributed by atoms with Crippen molar-refractivity contribution in [3.63, 3.8) is 0 Å². The van der Waals surface area contributed by atoms with E-state index in [0.29, 0.717) is 26.2 Å². The molecule has 1 aliphatic carbocycles. The highest BCUT2D eigenvalue weighted by Gasteiger charge is 2.49. The fourth-order valence-electron chi connectivity index (χ4n) is 4.68. The number of fused-ring (bicyclic) bond motifs is 1. The lowest BCUT2D eigenvalue weighted by molar-refractivity contribution is -0.150. The summed E-state index contributed by atoms with van der Waals surface area (Å²) in [5, 5.41) is 0. The minimum atomic E-state index is -0.533. The summed E-state index contributed by atoms with van der Waals surface area (Å²) in [5.74, 6) is 0.214. The van der Waals surface area contributed by atoms with Gasteiger partial charge in [-0.3, -0.25) is 9.69 Å². The molecule has 5 nitrogen and oxygen atoms in total. The van der Waals surface area contributed by atoms with Gasteiger partial charge < -0.3 is 15.4 Å². The Balaban J connectivity index is 1.57. The van der Waals surface area contributed by atoms with Crippen LogP contribution in [0.3, 0.4) is 0 Å². The Morgan fingerprint density at radius 1 is 1.14 bits per heavy atom. The molecule has 2 aliphatic rings. The van der Waals surface area contributed by atoms with Gasteiger partial charge in [-0.05, 0) is 30.2 Å². The predicted molar refractivity (Wildman–Crippen MR) is 115 cm³/mol. The molecule has 0 radical (unpaired) electrons. The van der Waals surface area contributed by atoms with Gasteiger partial charge in [-0.1, -0.05) is 54.6 Å². The molecule has 5 heteroatoms. The second kappa shape index (κ2) is 8.66. The van der Waals surface area contributed by atoms with E-state index in [4.69, 9.17) is 10.5 Å². The Morgan fingerprint density at radius 2 is 1.79 bits per heavy atom. The summed E-state index contributed by atoms with van der Waals surface area (Å²) < 4.78 is 5.70. The fraction of sp³-hybridized carbons (Fsp3) is 0.458. The lowest BCUT2D eigenvalue weighted by Gasteiger charge is -2.43. The smallest absolute Gasteiger partial charge is 0.243 e. The number of benzene rings is 2. The van der Waals surface area contributed by atoms with E-state index in [2.05, 4.69) is 60.5 Å². The van der Waals surface area contributed by atoms with Crippen molar-refractivity contribution in [3.05, 3.63) is 71.3 Å². The highest BCUT2D eigenvalue weighted by Crippen LogP contribution is 2.36. The van der Waals surface area contributed by atoms with E-state index in [1.165, 1.54) is 16.7 Å². The molecule has 1 saturated heterocycles. The summed E-state index contributed by atoms with van der Waals surface area (Å²) in [6.07, 6.45) is 2.39. The van der Waals surface area contributed by atoms with Crippen LogP contribution in [0.1, 0.15) is 16.7 Å². The number of carbonyl (C=O) groups is 1. The first-order chi connectivity index (χ1) is 14.1. The van der Waals surface area contributed by atoms with Crippen molar-refractivity contribution < 1.29 is 9.53 Å². The van der Waals surface area contributed by atoms with E-state index in [9.17, 15) is 4.79 Å². The molecule has 0 unspecified atom stereocenters. The van der Waals surface area contributed by atoms with Crippen molar-refractivity contribution in [3.8, 4) is 0 Å². The number of hydrogen-bond acceptors (Lipinski definition) is 4. The first-order valence-corrected chi connectivity index (χ1v) is 10.6. The third kappa shape index (κ3) is 4.08. The van der Waals surface area contributed by atoms with Crippen LogP contribution in [-0.4, -0.2) is 67.2 Å². The van der Waals surface area contributed by atoms with Crippen LogP contribution in [0.15, 0.2) is 54.6 Å². The number of ether oxygens (including phenoxy) is 1. The minimum absolute atomic E-state index is 0.0665. The second-order valence-corrected chi connectivity index (χ2v) is 8.29. The summed E-state index contributed by atoms with van der Waals surface area (Å²) in [5.41, 5.74) is 9.16. The van der Waals surface area contributed by atoms with Crippen molar-refractivity contribution in [2.24, 2.45) is 5.73 Å². The van der Waals surface area contributed by atoms with Crippen LogP contribution >= 0.6 is 0 Å². The molecule has 29 heavy (non-hydrogen) atoms. The third-order valence-electron chi connectivity index (χ3n) is 6.48. The molecule has 0 spiro atoms. The zero-order valence-electron chi connectivity index (χ0n) is 17.2. The minimum Gasteiger partial charge on any atom is -0.373 e. The summed E-state index contributed by atoms with van der Waals surface area (Å²) in [6, 6.07) is 19.0.